The van der Waals surface area contributed by atoms with Crippen molar-refractivity contribution in [2.45, 2.75) is 24.8 Å². The number of carboxylic acid groups (broad SMARTS) is 1. The average Bonchev–Trinajstić information content (AvgIpc) is 3.05. The minimum Gasteiger partial charge on any atom is -0.465 e. The minimum atomic E-state index is -3.41. The maximum Gasteiger partial charge on any atom is 0.404 e. The fourth-order valence-corrected chi connectivity index (χ4v) is 4.05. The normalized spacial score (nSPS) is 13.0. The van der Waals surface area contributed by atoms with Gasteiger partial charge in [0.1, 0.15) is 11.3 Å². The lowest BCUT2D eigenvalue weighted by Gasteiger charge is -2.22. The van der Waals surface area contributed by atoms with E-state index < -0.39 is 16.1 Å². The second kappa shape index (κ2) is 8.93. The third-order valence-electron chi connectivity index (χ3n) is 4.55. The molecule has 1 unspecified atom stereocenters. The summed E-state index contributed by atoms with van der Waals surface area (Å²) >= 11 is 6.16. The van der Waals surface area contributed by atoms with Gasteiger partial charge in [0.15, 0.2) is 0 Å². The third kappa shape index (κ3) is 5.14. The molecule has 0 radical (unpaired) electrons. The molecule has 3 rings (SSSR count). The van der Waals surface area contributed by atoms with Gasteiger partial charge in [0, 0.05) is 24.5 Å². The molecule has 1 atom stereocenters. The number of hydrogen-bond acceptors (Lipinski definition) is 5. The molecule has 1 aromatic carbocycles. The smallest absolute Gasteiger partial charge is 0.404 e. The largest absolute Gasteiger partial charge is 0.465 e. The van der Waals surface area contributed by atoms with Crippen LogP contribution in [-0.4, -0.2) is 53.5 Å². The summed E-state index contributed by atoms with van der Waals surface area (Å²) in [4.78, 5) is 19.7. The van der Waals surface area contributed by atoms with Crippen molar-refractivity contribution in [1.29, 1.82) is 0 Å². The van der Waals surface area contributed by atoms with E-state index in [1.165, 1.54) is 0 Å². The van der Waals surface area contributed by atoms with Gasteiger partial charge in [-0.1, -0.05) is 18.2 Å². The van der Waals surface area contributed by atoms with Crippen LogP contribution in [0.5, 0.6) is 0 Å². The number of fused-ring (bicyclic) bond motifs is 3. The molecule has 0 saturated heterocycles. The van der Waals surface area contributed by atoms with Gasteiger partial charge in [-0.15, -0.1) is 11.6 Å². The van der Waals surface area contributed by atoms with Crippen LogP contribution in [0.15, 0.2) is 30.5 Å². The third-order valence-corrected chi connectivity index (χ3v) is 5.48. The van der Waals surface area contributed by atoms with Gasteiger partial charge in [0.25, 0.3) is 0 Å². The number of imidazole rings is 1. The van der Waals surface area contributed by atoms with E-state index in [1.54, 1.807) is 6.20 Å². The van der Waals surface area contributed by atoms with Crippen LogP contribution in [0.25, 0.3) is 21.9 Å². The Morgan fingerprint density at radius 3 is 2.76 bits per heavy atom. The molecule has 2 aromatic heterocycles. The molecule has 1 amide bonds. The van der Waals surface area contributed by atoms with E-state index in [-0.39, 0.29) is 25.0 Å². The topological polar surface area (TPSA) is 126 Å². The number of rotatable bonds is 9. The van der Waals surface area contributed by atoms with Gasteiger partial charge in [-0.3, -0.25) is 4.98 Å². The van der Waals surface area contributed by atoms with Crippen molar-refractivity contribution in [3.63, 3.8) is 0 Å². The van der Waals surface area contributed by atoms with E-state index in [0.29, 0.717) is 24.2 Å². The number of amides is 1. The Bertz CT molecular complexity index is 1130. The lowest BCUT2D eigenvalue weighted by molar-refractivity contribution is 0.194. The minimum absolute atomic E-state index is 0.137. The van der Waals surface area contributed by atoms with Crippen molar-refractivity contribution >= 4 is 49.7 Å². The highest BCUT2D eigenvalue weighted by Crippen LogP contribution is 2.30. The number of nitrogens with zero attached hydrogens (tertiary/aromatic N) is 3. The Balaban J connectivity index is 2.06. The molecular formula is C18H22ClN5O4S. The van der Waals surface area contributed by atoms with Gasteiger partial charge in [-0.2, -0.15) is 0 Å². The monoisotopic (exact) mass is 439 g/mol. The Labute approximate surface area is 173 Å². The molecule has 3 aromatic rings. The Hall–Kier alpha value is -2.43. The fourth-order valence-electron chi connectivity index (χ4n) is 3.36. The fraction of sp³-hybridized carbons (Fsp3) is 0.389. The summed E-state index contributed by atoms with van der Waals surface area (Å²) in [6.07, 6.45) is 2.73. The number of sulfonamides is 1. The molecule has 0 spiro atoms. The summed E-state index contributed by atoms with van der Waals surface area (Å²) in [7, 11) is -3.41. The van der Waals surface area contributed by atoms with Crippen molar-refractivity contribution in [2.75, 3.05) is 19.3 Å². The Morgan fingerprint density at radius 1 is 1.31 bits per heavy atom. The number of para-hydroxylation sites is 1. The number of hydrogen-bond donors (Lipinski definition) is 3. The predicted molar refractivity (Wildman–Crippen MR) is 112 cm³/mol. The first-order valence-corrected chi connectivity index (χ1v) is 11.4. The van der Waals surface area contributed by atoms with Crippen LogP contribution in [0.3, 0.4) is 0 Å². The van der Waals surface area contributed by atoms with E-state index in [0.717, 1.165) is 22.7 Å². The zero-order valence-corrected chi connectivity index (χ0v) is 17.4. The molecule has 0 bridgehead atoms. The molecule has 0 aliphatic rings. The second-order valence-electron chi connectivity index (χ2n) is 6.69. The van der Waals surface area contributed by atoms with Crippen LogP contribution >= 0.6 is 11.6 Å². The molecule has 11 heteroatoms. The number of alkyl halides is 1. The zero-order chi connectivity index (χ0) is 21.0. The van der Waals surface area contributed by atoms with Crippen LogP contribution in [0, 0.1) is 0 Å². The molecule has 0 fully saturated rings. The van der Waals surface area contributed by atoms with E-state index in [4.69, 9.17) is 16.7 Å². The van der Waals surface area contributed by atoms with Gasteiger partial charge >= 0.3 is 6.09 Å². The molecule has 2 heterocycles. The number of nitrogens with one attached hydrogen (secondary N) is 2. The van der Waals surface area contributed by atoms with Crippen LogP contribution in [0.1, 0.15) is 24.7 Å². The van der Waals surface area contributed by atoms with Crippen LogP contribution < -0.4 is 10.0 Å². The van der Waals surface area contributed by atoms with Crippen molar-refractivity contribution < 1.29 is 18.3 Å². The highest BCUT2D eigenvalue weighted by atomic mass is 35.5. The standard InChI is InChI=1S/C18H22ClN5O4S/c1-29(27,28)22-10-12(5-4-8-20-18(25)26)24-16(9-19)23-15-11-21-14-7-3-2-6-13(14)17(15)24/h2-3,6-7,11-12,20,22H,4-5,8-10H2,1H3,(H,25,26). The predicted octanol–water partition coefficient (Wildman–Crippen LogP) is 2.46. The SMILES string of the molecule is CS(=O)(=O)NCC(CCCNC(=O)O)n1c(CCl)nc2cnc3ccccc3c21. The summed E-state index contributed by atoms with van der Waals surface area (Å²) in [5.74, 6) is 0.748. The number of carbonyl (C=O) groups is 1. The van der Waals surface area contributed by atoms with Crippen LogP contribution in [0.2, 0.25) is 0 Å². The van der Waals surface area contributed by atoms with Crippen molar-refractivity contribution in [3.8, 4) is 0 Å². The van der Waals surface area contributed by atoms with Gasteiger partial charge in [-0.05, 0) is 18.9 Å². The number of halogens is 1. The van der Waals surface area contributed by atoms with Crippen LogP contribution in [-0.2, 0) is 15.9 Å². The van der Waals surface area contributed by atoms with Crippen molar-refractivity contribution in [3.05, 3.63) is 36.3 Å². The lowest BCUT2D eigenvalue weighted by Crippen LogP contribution is -2.31. The molecule has 29 heavy (non-hydrogen) atoms. The molecule has 0 aliphatic heterocycles. The lowest BCUT2D eigenvalue weighted by atomic mass is 10.1. The molecule has 3 N–H and O–H groups in total. The summed E-state index contributed by atoms with van der Waals surface area (Å²) < 4.78 is 27.9. The van der Waals surface area contributed by atoms with E-state index in [1.807, 2.05) is 28.8 Å². The number of benzene rings is 1. The first-order valence-electron chi connectivity index (χ1n) is 9.02. The number of aromatic nitrogens is 3. The molecule has 0 saturated carbocycles. The summed E-state index contributed by atoms with van der Waals surface area (Å²) in [5.41, 5.74) is 2.30. The van der Waals surface area contributed by atoms with E-state index >= 15 is 0 Å². The summed E-state index contributed by atoms with van der Waals surface area (Å²) in [6, 6.07) is 7.33. The zero-order valence-electron chi connectivity index (χ0n) is 15.8. The molecular weight excluding hydrogens is 418 g/mol. The van der Waals surface area contributed by atoms with Gasteiger partial charge in [0.05, 0.1) is 29.4 Å². The van der Waals surface area contributed by atoms with Gasteiger partial charge in [-0.25, -0.2) is 22.9 Å². The Morgan fingerprint density at radius 2 is 2.07 bits per heavy atom. The van der Waals surface area contributed by atoms with Crippen LogP contribution in [0.4, 0.5) is 4.79 Å². The number of pyridine rings is 1. The maximum absolute atomic E-state index is 11.7. The second-order valence-corrected chi connectivity index (χ2v) is 8.79. The summed E-state index contributed by atoms with van der Waals surface area (Å²) in [6.45, 7) is 0.397. The average molecular weight is 440 g/mol. The van der Waals surface area contributed by atoms with Gasteiger partial charge < -0.3 is 15.0 Å². The first-order chi connectivity index (χ1) is 13.8. The van der Waals surface area contributed by atoms with Crippen molar-refractivity contribution in [2.24, 2.45) is 0 Å². The van der Waals surface area contributed by atoms with Crippen molar-refractivity contribution in [1.82, 2.24) is 24.6 Å². The Kier molecular flexibility index (Phi) is 6.56. The highest BCUT2D eigenvalue weighted by molar-refractivity contribution is 7.88. The maximum atomic E-state index is 11.7. The molecule has 156 valence electrons. The molecule has 9 nitrogen and oxygen atoms in total. The van der Waals surface area contributed by atoms with E-state index in [2.05, 4.69) is 20.0 Å². The quantitative estimate of drug-likeness (QED) is 0.347. The molecule has 0 aliphatic carbocycles. The highest BCUT2D eigenvalue weighted by Gasteiger charge is 2.22. The summed E-state index contributed by atoms with van der Waals surface area (Å²) in [5, 5.41) is 12.0. The first kappa shape index (κ1) is 21.3. The van der Waals surface area contributed by atoms with E-state index in [9.17, 15) is 13.2 Å². The van der Waals surface area contributed by atoms with Gasteiger partial charge in [0.2, 0.25) is 10.0 Å².